The first-order chi connectivity index (χ1) is 14.7. The molecule has 4 heterocycles. The van der Waals surface area contributed by atoms with Gasteiger partial charge in [-0.3, -0.25) is 0 Å². The first kappa shape index (κ1) is 18.8. The Balaban J connectivity index is 1.56. The van der Waals surface area contributed by atoms with E-state index >= 15 is 0 Å². The number of fused-ring (bicyclic) bond motifs is 1. The van der Waals surface area contributed by atoms with Gasteiger partial charge in [0.1, 0.15) is 27.7 Å². The number of nitrogens with zero attached hydrogens (tertiary/aromatic N) is 5. The number of furan rings is 1. The number of thiophene rings is 1. The maximum Gasteiger partial charge on any atom is 0.197 e. The van der Waals surface area contributed by atoms with Gasteiger partial charge in [0.2, 0.25) is 0 Å². The van der Waals surface area contributed by atoms with Crippen molar-refractivity contribution >= 4 is 33.3 Å². The predicted molar refractivity (Wildman–Crippen MR) is 117 cm³/mol. The molecule has 0 bridgehead atoms. The van der Waals surface area contributed by atoms with Crippen molar-refractivity contribution in [3.05, 3.63) is 54.1 Å². The third-order valence-electron chi connectivity index (χ3n) is 4.86. The Morgan fingerprint density at radius 2 is 1.90 bits per heavy atom. The van der Waals surface area contributed by atoms with Crippen LogP contribution in [0.3, 0.4) is 0 Å². The summed E-state index contributed by atoms with van der Waals surface area (Å²) in [6.07, 6.45) is 3.25. The molecule has 0 aliphatic heterocycles. The highest BCUT2D eigenvalue weighted by molar-refractivity contribution is 7.99. The molecule has 0 aliphatic rings. The summed E-state index contributed by atoms with van der Waals surface area (Å²) in [6, 6.07) is 9.90. The number of aromatic nitrogens is 5. The van der Waals surface area contributed by atoms with Crippen LogP contribution in [-0.4, -0.2) is 31.8 Å². The van der Waals surface area contributed by atoms with E-state index in [2.05, 4.69) is 25.5 Å². The summed E-state index contributed by atoms with van der Waals surface area (Å²) in [6.45, 7) is 1.91. The number of rotatable bonds is 5. The lowest BCUT2D eigenvalue weighted by Crippen LogP contribution is -1.95. The molecule has 0 amide bonds. The van der Waals surface area contributed by atoms with Gasteiger partial charge in [-0.05, 0) is 42.4 Å². The summed E-state index contributed by atoms with van der Waals surface area (Å²) in [5, 5.41) is 13.5. The maximum atomic E-state index is 5.41. The summed E-state index contributed by atoms with van der Waals surface area (Å²) in [7, 11) is 3.61. The molecule has 0 radical (unpaired) electrons. The Morgan fingerprint density at radius 1 is 1.07 bits per heavy atom. The molecule has 0 atom stereocenters. The third kappa shape index (κ3) is 3.16. The van der Waals surface area contributed by atoms with Gasteiger partial charge in [0.05, 0.1) is 24.3 Å². The highest BCUT2D eigenvalue weighted by Crippen LogP contribution is 2.40. The van der Waals surface area contributed by atoms with E-state index in [0.717, 1.165) is 54.4 Å². The molecule has 9 heteroatoms. The topological polar surface area (TPSA) is 78.9 Å². The number of hydrogen-bond donors (Lipinski definition) is 0. The first-order valence-corrected chi connectivity index (χ1v) is 10.8. The van der Waals surface area contributed by atoms with Crippen LogP contribution in [0.5, 0.6) is 5.75 Å². The van der Waals surface area contributed by atoms with Gasteiger partial charge in [-0.15, -0.1) is 21.5 Å². The summed E-state index contributed by atoms with van der Waals surface area (Å²) >= 11 is 3.08. The minimum atomic E-state index is 0.748. The summed E-state index contributed by atoms with van der Waals surface area (Å²) < 4.78 is 12.6. The fourth-order valence-corrected chi connectivity index (χ4v) is 5.12. The van der Waals surface area contributed by atoms with Gasteiger partial charge in [0.15, 0.2) is 11.0 Å². The van der Waals surface area contributed by atoms with Crippen LogP contribution < -0.4 is 4.74 Å². The number of aryl methyl sites for hydroxylation is 1. The van der Waals surface area contributed by atoms with Crippen molar-refractivity contribution in [2.45, 2.75) is 17.1 Å². The minimum absolute atomic E-state index is 0.748. The Labute approximate surface area is 180 Å². The van der Waals surface area contributed by atoms with Crippen LogP contribution in [-0.2, 0) is 7.05 Å². The minimum Gasteiger partial charge on any atom is -0.497 e. The Morgan fingerprint density at radius 3 is 2.63 bits per heavy atom. The van der Waals surface area contributed by atoms with Crippen molar-refractivity contribution in [3.63, 3.8) is 0 Å². The molecule has 7 nitrogen and oxygen atoms in total. The zero-order chi connectivity index (χ0) is 20.7. The van der Waals surface area contributed by atoms with Crippen molar-refractivity contribution in [3.8, 4) is 28.3 Å². The van der Waals surface area contributed by atoms with Gasteiger partial charge in [-0.1, -0.05) is 12.1 Å². The fraction of sp³-hybridized carbons (Fsp3) is 0.143. The van der Waals surface area contributed by atoms with Gasteiger partial charge in [0.25, 0.3) is 0 Å². The number of benzene rings is 1. The molecule has 0 unspecified atom stereocenters. The van der Waals surface area contributed by atoms with Crippen LogP contribution in [0.15, 0.2) is 62.9 Å². The number of hydrogen-bond acceptors (Lipinski definition) is 8. The largest absolute Gasteiger partial charge is 0.497 e. The standard InChI is InChI=1S/C21H17N5O2S2/c1-12-15(8-9-28-12)18-24-25-21(26(18)2)30-20-17-16(10-29-19(17)22-11-23-20)13-4-6-14(27-3)7-5-13/h4-11H,1-3H3. The van der Waals surface area contributed by atoms with Crippen molar-refractivity contribution in [1.29, 1.82) is 0 Å². The molecule has 5 aromatic rings. The molecular weight excluding hydrogens is 418 g/mol. The van der Waals surface area contributed by atoms with E-state index in [0.29, 0.717) is 0 Å². The Kier molecular flexibility index (Phi) is 4.76. The second-order valence-electron chi connectivity index (χ2n) is 6.59. The molecule has 0 spiro atoms. The Bertz CT molecular complexity index is 1340. The van der Waals surface area contributed by atoms with E-state index in [-0.39, 0.29) is 0 Å². The smallest absolute Gasteiger partial charge is 0.197 e. The molecule has 150 valence electrons. The summed E-state index contributed by atoms with van der Waals surface area (Å²) in [5.74, 6) is 2.39. The molecule has 4 aromatic heterocycles. The van der Waals surface area contributed by atoms with Crippen LogP contribution in [0.1, 0.15) is 5.76 Å². The summed E-state index contributed by atoms with van der Waals surface area (Å²) in [4.78, 5) is 9.95. The van der Waals surface area contributed by atoms with Gasteiger partial charge in [-0.25, -0.2) is 9.97 Å². The van der Waals surface area contributed by atoms with E-state index < -0.39 is 0 Å². The van der Waals surface area contributed by atoms with Crippen molar-refractivity contribution in [2.75, 3.05) is 7.11 Å². The average Bonchev–Trinajstić information content (AvgIpc) is 3.48. The van der Waals surface area contributed by atoms with E-state index in [1.54, 1.807) is 31.0 Å². The average molecular weight is 436 g/mol. The monoisotopic (exact) mass is 435 g/mol. The van der Waals surface area contributed by atoms with E-state index in [1.165, 1.54) is 11.8 Å². The van der Waals surface area contributed by atoms with Crippen LogP contribution in [0, 0.1) is 6.92 Å². The molecule has 0 saturated carbocycles. The number of ether oxygens (including phenoxy) is 1. The predicted octanol–water partition coefficient (Wildman–Crippen LogP) is 5.22. The molecule has 0 saturated heterocycles. The lowest BCUT2D eigenvalue weighted by molar-refractivity contribution is 0.415. The van der Waals surface area contributed by atoms with Gasteiger partial charge in [0, 0.05) is 18.0 Å². The molecule has 1 aromatic carbocycles. The van der Waals surface area contributed by atoms with E-state index in [9.17, 15) is 0 Å². The third-order valence-corrected chi connectivity index (χ3v) is 6.79. The van der Waals surface area contributed by atoms with Crippen molar-refractivity contribution in [2.24, 2.45) is 7.05 Å². The van der Waals surface area contributed by atoms with Crippen LogP contribution in [0.4, 0.5) is 0 Å². The number of methoxy groups -OCH3 is 1. The van der Waals surface area contributed by atoms with E-state index in [4.69, 9.17) is 9.15 Å². The maximum absolute atomic E-state index is 5.41. The van der Waals surface area contributed by atoms with Crippen LogP contribution >= 0.6 is 23.1 Å². The second kappa shape index (κ2) is 7.58. The van der Waals surface area contributed by atoms with Gasteiger partial charge >= 0.3 is 0 Å². The zero-order valence-corrected chi connectivity index (χ0v) is 18.1. The van der Waals surface area contributed by atoms with E-state index in [1.807, 2.05) is 48.9 Å². The highest BCUT2D eigenvalue weighted by atomic mass is 32.2. The lowest BCUT2D eigenvalue weighted by Gasteiger charge is -2.06. The fourth-order valence-electron chi connectivity index (χ4n) is 3.25. The van der Waals surface area contributed by atoms with Crippen LogP contribution in [0.25, 0.3) is 32.7 Å². The molecule has 5 rings (SSSR count). The van der Waals surface area contributed by atoms with Crippen molar-refractivity contribution < 1.29 is 9.15 Å². The molecule has 0 fully saturated rings. The normalized spacial score (nSPS) is 11.3. The van der Waals surface area contributed by atoms with Crippen LogP contribution in [0.2, 0.25) is 0 Å². The quantitative estimate of drug-likeness (QED) is 0.350. The summed E-state index contributed by atoms with van der Waals surface area (Å²) in [5.41, 5.74) is 3.11. The second-order valence-corrected chi connectivity index (χ2v) is 8.41. The Hall–Kier alpha value is -3.17. The molecule has 0 N–H and O–H groups in total. The molecular formula is C21H17N5O2S2. The SMILES string of the molecule is COc1ccc(-c2csc3ncnc(Sc4nnc(-c5ccoc5C)n4C)c23)cc1. The van der Waals surface area contributed by atoms with Gasteiger partial charge in [-0.2, -0.15) is 0 Å². The first-order valence-electron chi connectivity index (χ1n) is 9.14. The molecule has 30 heavy (non-hydrogen) atoms. The lowest BCUT2D eigenvalue weighted by atomic mass is 10.1. The van der Waals surface area contributed by atoms with Crippen molar-refractivity contribution in [1.82, 2.24) is 24.7 Å². The zero-order valence-electron chi connectivity index (χ0n) is 16.5. The highest BCUT2D eigenvalue weighted by Gasteiger charge is 2.19. The van der Waals surface area contributed by atoms with Gasteiger partial charge < -0.3 is 13.7 Å². The molecule has 0 aliphatic carbocycles.